The molecule has 8 nitrogen and oxygen atoms in total. The van der Waals surface area contributed by atoms with Gasteiger partial charge < -0.3 is 24.4 Å². The molecule has 2 rings (SSSR count). The lowest BCUT2D eigenvalue weighted by atomic mass is 10.1. The van der Waals surface area contributed by atoms with Gasteiger partial charge in [0.25, 0.3) is 11.8 Å². The molecule has 1 N–H and O–H groups in total. The zero-order valence-corrected chi connectivity index (χ0v) is 18.3. The van der Waals surface area contributed by atoms with E-state index in [1.807, 2.05) is 20.8 Å². The zero-order chi connectivity index (χ0) is 22.8. The van der Waals surface area contributed by atoms with Crippen LogP contribution in [0.15, 0.2) is 42.5 Å². The fraction of sp³-hybridized carbons (Fsp3) is 0.348. The molecule has 0 atom stereocenters. The highest BCUT2D eigenvalue weighted by molar-refractivity contribution is 5.97. The summed E-state index contributed by atoms with van der Waals surface area (Å²) in [5.41, 5.74) is 1.28. The fourth-order valence-corrected chi connectivity index (χ4v) is 2.87. The van der Waals surface area contributed by atoms with Crippen molar-refractivity contribution in [2.75, 3.05) is 38.7 Å². The molecule has 0 heterocycles. The average molecular weight is 428 g/mol. The molecule has 2 aromatic rings. The van der Waals surface area contributed by atoms with Gasteiger partial charge in [0.2, 0.25) is 0 Å². The summed E-state index contributed by atoms with van der Waals surface area (Å²) in [6.45, 7) is 6.94. The largest absolute Gasteiger partial charge is 0.493 e. The maximum absolute atomic E-state index is 12.3. The van der Waals surface area contributed by atoms with Crippen molar-refractivity contribution >= 4 is 23.5 Å². The summed E-state index contributed by atoms with van der Waals surface area (Å²) in [7, 11) is 1.47. The third-order valence-corrected chi connectivity index (χ3v) is 4.50. The van der Waals surface area contributed by atoms with Crippen molar-refractivity contribution in [3.05, 3.63) is 53.6 Å². The number of hydrogen-bond donors (Lipinski definition) is 1. The second-order valence-corrected chi connectivity index (χ2v) is 6.48. The molecule has 0 aliphatic carbocycles. The van der Waals surface area contributed by atoms with Gasteiger partial charge in [-0.15, -0.1) is 0 Å². The number of methoxy groups -OCH3 is 1. The molecule has 0 spiro atoms. The summed E-state index contributed by atoms with van der Waals surface area (Å²) in [5, 5.41) is 2.63. The van der Waals surface area contributed by atoms with Gasteiger partial charge in [-0.25, -0.2) is 4.79 Å². The number of carbonyl (C=O) groups is 3. The predicted octanol–water partition coefficient (Wildman–Crippen LogP) is 3.37. The highest BCUT2D eigenvalue weighted by Gasteiger charge is 2.15. The molecule has 0 aliphatic rings. The van der Waals surface area contributed by atoms with Gasteiger partial charge in [-0.2, -0.15) is 0 Å². The second kappa shape index (κ2) is 11.6. The number of nitrogens with one attached hydrogen (secondary N) is 1. The van der Waals surface area contributed by atoms with E-state index in [0.717, 1.165) is 0 Å². The van der Waals surface area contributed by atoms with Crippen molar-refractivity contribution in [3.8, 4) is 11.5 Å². The van der Waals surface area contributed by atoms with E-state index in [4.69, 9.17) is 14.2 Å². The van der Waals surface area contributed by atoms with Crippen molar-refractivity contribution in [2.24, 2.45) is 0 Å². The molecule has 0 aliphatic heterocycles. The van der Waals surface area contributed by atoms with E-state index < -0.39 is 18.5 Å². The molecule has 0 saturated carbocycles. The van der Waals surface area contributed by atoms with E-state index in [1.54, 1.807) is 41.3 Å². The van der Waals surface area contributed by atoms with Crippen molar-refractivity contribution in [1.29, 1.82) is 0 Å². The standard InChI is InChI=1S/C23H28N2O6/c1-5-25(6-2)22(27)16-8-11-18(12-9-16)24-21(26)15-31-23(28)17-10-13-19(30-7-3)20(14-17)29-4/h8-14H,5-7,15H2,1-4H3,(H,24,26). The van der Waals surface area contributed by atoms with Gasteiger partial charge in [0, 0.05) is 24.3 Å². The Morgan fingerprint density at radius 3 is 2.13 bits per heavy atom. The molecule has 0 unspecified atom stereocenters. The van der Waals surface area contributed by atoms with Gasteiger partial charge >= 0.3 is 5.97 Å². The number of esters is 1. The molecule has 8 heteroatoms. The minimum absolute atomic E-state index is 0.0670. The van der Waals surface area contributed by atoms with E-state index in [9.17, 15) is 14.4 Å². The molecule has 166 valence electrons. The maximum atomic E-state index is 12.3. The van der Waals surface area contributed by atoms with E-state index in [0.29, 0.717) is 42.4 Å². The van der Waals surface area contributed by atoms with Crippen LogP contribution >= 0.6 is 0 Å². The molecular weight excluding hydrogens is 400 g/mol. The van der Waals surface area contributed by atoms with Crippen LogP contribution < -0.4 is 14.8 Å². The number of benzene rings is 2. The van der Waals surface area contributed by atoms with Crippen LogP contribution in [0.3, 0.4) is 0 Å². The van der Waals surface area contributed by atoms with Crippen molar-refractivity contribution in [2.45, 2.75) is 20.8 Å². The summed E-state index contributed by atoms with van der Waals surface area (Å²) in [6, 6.07) is 11.2. The molecular formula is C23H28N2O6. The van der Waals surface area contributed by atoms with Crippen molar-refractivity contribution < 1.29 is 28.6 Å². The Morgan fingerprint density at radius 2 is 1.55 bits per heavy atom. The minimum atomic E-state index is -0.656. The third kappa shape index (κ3) is 6.47. The molecule has 0 aromatic heterocycles. The van der Waals surface area contributed by atoms with E-state index in [1.165, 1.54) is 13.2 Å². The first-order valence-corrected chi connectivity index (χ1v) is 10.1. The van der Waals surface area contributed by atoms with Crippen LogP contribution in [0.5, 0.6) is 11.5 Å². The van der Waals surface area contributed by atoms with Gasteiger partial charge in [0.1, 0.15) is 0 Å². The number of nitrogens with zero attached hydrogens (tertiary/aromatic N) is 1. The van der Waals surface area contributed by atoms with Crippen LogP contribution in [0.1, 0.15) is 41.5 Å². The topological polar surface area (TPSA) is 94.2 Å². The molecule has 31 heavy (non-hydrogen) atoms. The lowest BCUT2D eigenvalue weighted by Crippen LogP contribution is -2.30. The van der Waals surface area contributed by atoms with Crippen LogP contribution in [0.25, 0.3) is 0 Å². The van der Waals surface area contributed by atoms with Crippen LogP contribution in [0, 0.1) is 0 Å². The number of anilines is 1. The molecule has 0 fully saturated rings. The number of hydrogen-bond acceptors (Lipinski definition) is 6. The minimum Gasteiger partial charge on any atom is -0.493 e. The Bertz CT molecular complexity index is 907. The van der Waals surface area contributed by atoms with Gasteiger partial charge in [-0.3, -0.25) is 9.59 Å². The maximum Gasteiger partial charge on any atom is 0.338 e. The molecule has 2 amide bonds. The van der Waals surface area contributed by atoms with Gasteiger partial charge in [0.15, 0.2) is 18.1 Å². The van der Waals surface area contributed by atoms with Crippen LogP contribution in [-0.2, 0) is 9.53 Å². The number of amides is 2. The predicted molar refractivity (Wildman–Crippen MR) is 117 cm³/mol. The van der Waals surface area contributed by atoms with Crippen LogP contribution in [0.2, 0.25) is 0 Å². The van der Waals surface area contributed by atoms with E-state index in [2.05, 4.69) is 5.32 Å². The van der Waals surface area contributed by atoms with Gasteiger partial charge in [-0.1, -0.05) is 0 Å². The molecule has 0 bridgehead atoms. The van der Waals surface area contributed by atoms with E-state index in [-0.39, 0.29) is 11.5 Å². The first kappa shape index (κ1) is 23.7. The molecule has 0 saturated heterocycles. The average Bonchev–Trinajstić information content (AvgIpc) is 2.79. The lowest BCUT2D eigenvalue weighted by Gasteiger charge is -2.18. The summed E-state index contributed by atoms with van der Waals surface area (Å²) in [5.74, 6) is -0.296. The Kier molecular flexibility index (Phi) is 8.87. The number of rotatable bonds is 10. The molecule has 2 aromatic carbocycles. The van der Waals surface area contributed by atoms with Gasteiger partial charge in [-0.05, 0) is 63.2 Å². The summed E-state index contributed by atoms with van der Waals surface area (Å²) in [6.07, 6.45) is 0. The monoisotopic (exact) mass is 428 g/mol. The van der Waals surface area contributed by atoms with E-state index >= 15 is 0 Å². The number of carbonyl (C=O) groups excluding carboxylic acids is 3. The zero-order valence-electron chi connectivity index (χ0n) is 18.3. The van der Waals surface area contributed by atoms with Crippen LogP contribution in [0.4, 0.5) is 5.69 Å². The molecule has 0 radical (unpaired) electrons. The first-order valence-electron chi connectivity index (χ1n) is 10.1. The normalized spacial score (nSPS) is 10.2. The summed E-state index contributed by atoms with van der Waals surface area (Å²) in [4.78, 5) is 38.4. The Morgan fingerprint density at radius 1 is 0.903 bits per heavy atom. The lowest BCUT2D eigenvalue weighted by molar-refractivity contribution is -0.119. The summed E-state index contributed by atoms with van der Waals surface area (Å²) >= 11 is 0. The SMILES string of the molecule is CCOc1ccc(C(=O)OCC(=O)Nc2ccc(C(=O)N(CC)CC)cc2)cc1OC. The Balaban J connectivity index is 1.91. The Labute approximate surface area is 182 Å². The highest BCUT2D eigenvalue weighted by atomic mass is 16.5. The third-order valence-electron chi connectivity index (χ3n) is 4.50. The van der Waals surface area contributed by atoms with Crippen molar-refractivity contribution in [1.82, 2.24) is 4.90 Å². The number of ether oxygens (including phenoxy) is 3. The smallest absolute Gasteiger partial charge is 0.338 e. The fourth-order valence-electron chi connectivity index (χ4n) is 2.87. The van der Waals surface area contributed by atoms with Crippen LogP contribution in [-0.4, -0.2) is 56.1 Å². The first-order chi connectivity index (χ1) is 14.9. The quantitative estimate of drug-likeness (QED) is 0.583. The van der Waals surface area contributed by atoms with Gasteiger partial charge in [0.05, 0.1) is 19.3 Å². The second-order valence-electron chi connectivity index (χ2n) is 6.48. The summed E-state index contributed by atoms with van der Waals surface area (Å²) < 4.78 is 15.7. The highest BCUT2D eigenvalue weighted by Crippen LogP contribution is 2.28. The Hall–Kier alpha value is -3.55. The van der Waals surface area contributed by atoms with Crippen molar-refractivity contribution in [3.63, 3.8) is 0 Å².